The van der Waals surface area contributed by atoms with Crippen molar-refractivity contribution >= 4 is 28.8 Å². The molecule has 1 aliphatic carbocycles. The summed E-state index contributed by atoms with van der Waals surface area (Å²) in [6, 6.07) is 2.02. The highest BCUT2D eigenvalue weighted by Gasteiger charge is 2.60. The molecule has 0 radical (unpaired) electrons. The molecule has 0 spiro atoms. The summed E-state index contributed by atoms with van der Waals surface area (Å²) in [5.74, 6) is -11.9. The molecule has 3 aliphatic rings. The molecule has 1 N–H and O–H groups in total. The fourth-order valence-electron chi connectivity index (χ4n) is 6.19. The minimum absolute atomic E-state index is 0.0614. The number of fused-ring (bicyclic) bond motifs is 5. The number of hydrogen-bond acceptors (Lipinski definition) is 8. The van der Waals surface area contributed by atoms with Crippen LogP contribution < -0.4 is 14.8 Å². The normalized spacial score (nSPS) is 30.1. The molecule has 1 saturated heterocycles. The van der Waals surface area contributed by atoms with E-state index in [-0.39, 0.29) is 36.3 Å². The smallest absolute Gasteiger partial charge is 0.408 e. The van der Waals surface area contributed by atoms with E-state index in [2.05, 4.69) is 15.3 Å². The van der Waals surface area contributed by atoms with Gasteiger partial charge in [0, 0.05) is 18.4 Å². The van der Waals surface area contributed by atoms with Crippen molar-refractivity contribution < 1.29 is 46.2 Å². The average molecular weight is 639 g/mol. The second-order valence-electron chi connectivity index (χ2n) is 13.3. The van der Waals surface area contributed by atoms with E-state index < -0.39 is 83.2 Å². The molecule has 2 aromatic rings. The Labute approximate surface area is 258 Å². The Kier molecular flexibility index (Phi) is 8.41. The molecule has 45 heavy (non-hydrogen) atoms. The monoisotopic (exact) mass is 638 g/mol. The number of carbonyl (C=O) groups excluding carboxylic acids is 3. The number of rotatable bonds is 2. The van der Waals surface area contributed by atoms with Crippen LogP contribution in [-0.4, -0.2) is 76.5 Å². The van der Waals surface area contributed by atoms with Crippen LogP contribution in [-0.2, 0) is 20.2 Å². The van der Waals surface area contributed by atoms with Crippen LogP contribution in [0.4, 0.5) is 22.4 Å². The lowest BCUT2D eigenvalue weighted by Gasteiger charge is -2.35. The molecule has 10 nitrogen and oxygen atoms in total. The van der Waals surface area contributed by atoms with Crippen LogP contribution in [0.3, 0.4) is 0 Å². The van der Waals surface area contributed by atoms with E-state index in [4.69, 9.17) is 14.2 Å². The lowest BCUT2D eigenvalue weighted by molar-refractivity contribution is -0.223. The molecular weight excluding hydrogens is 600 g/mol. The Bertz CT molecular complexity index is 1500. The molecule has 1 aromatic heterocycles. The molecule has 1 aromatic carbocycles. The van der Waals surface area contributed by atoms with Crippen LogP contribution in [0.1, 0.15) is 66.0 Å². The molecule has 6 atom stereocenters. The molecule has 14 heteroatoms. The van der Waals surface area contributed by atoms with Gasteiger partial charge in [0.25, 0.3) is 0 Å². The number of ketones is 1. The Morgan fingerprint density at radius 2 is 1.80 bits per heavy atom. The first kappa shape index (κ1) is 32.7. The van der Waals surface area contributed by atoms with E-state index in [0.29, 0.717) is 12.2 Å². The Hall–Kier alpha value is -3.71. The second kappa shape index (κ2) is 11.6. The lowest BCUT2D eigenvalue weighted by atomic mass is 9.85. The predicted molar refractivity (Wildman–Crippen MR) is 153 cm³/mol. The second-order valence-corrected chi connectivity index (χ2v) is 13.3. The van der Waals surface area contributed by atoms with Crippen LogP contribution in [0.5, 0.6) is 11.6 Å². The van der Waals surface area contributed by atoms with Gasteiger partial charge in [-0.25, -0.2) is 14.8 Å². The topological polar surface area (TPSA) is 120 Å². The van der Waals surface area contributed by atoms with Gasteiger partial charge >= 0.3 is 17.9 Å². The number of methoxy groups -OCH3 is 1. The minimum Gasteiger partial charge on any atom is -0.497 e. The number of alkyl halides is 4. The predicted octanol–water partition coefficient (Wildman–Crippen LogP) is 5.26. The number of alkyl carbamates (subject to hydrolysis) is 1. The third kappa shape index (κ3) is 6.24. The van der Waals surface area contributed by atoms with Crippen molar-refractivity contribution in [1.82, 2.24) is 20.2 Å². The summed E-state index contributed by atoms with van der Waals surface area (Å²) < 4.78 is 79.1. The summed E-state index contributed by atoms with van der Waals surface area (Å²) in [6.07, 6.45) is -3.46. The molecule has 2 fully saturated rings. The minimum atomic E-state index is -4.79. The molecule has 1 saturated carbocycles. The highest BCUT2D eigenvalue weighted by Crippen LogP contribution is 2.49. The Morgan fingerprint density at radius 1 is 1.09 bits per heavy atom. The molecule has 2 amide bonds. The summed E-state index contributed by atoms with van der Waals surface area (Å²) in [7, 11) is 1.39. The van der Waals surface area contributed by atoms with Gasteiger partial charge in [-0.05, 0) is 49.7 Å². The van der Waals surface area contributed by atoms with Gasteiger partial charge in [0.1, 0.15) is 24.0 Å². The largest absolute Gasteiger partial charge is 0.497 e. The third-order valence-corrected chi connectivity index (χ3v) is 8.91. The maximum Gasteiger partial charge on any atom is 0.408 e. The van der Waals surface area contributed by atoms with Gasteiger partial charge in [-0.3, -0.25) is 9.59 Å². The summed E-state index contributed by atoms with van der Waals surface area (Å²) in [5.41, 5.74) is -2.16. The van der Waals surface area contributed by atoms with Crippen LogP contribution >= 0.6 is 0 Å². The number of nitrogens with zero attached hydrogens (tertiary/aromatic N) is 3. The number of benzene rings is 1. The maximum atomic E-state index is 15.9. The van der Waals surface area contributed by atoms with Crippen molar-refractivity contribution in [3.8, 4) is 11.6 Å². The molecule has 2 aliphatic heterocycles. The third-order valence-electron chi connectivity index (χ3n) is 8.91. The van der Waals surface area contributed by atoms with E-state index in [1.807, 2.05) is 0 Å². The Balaban J connectivity index is 1.62. The molecule has 0 unspecified atom stereocenters. The van der Waals surface area contributed by atoms with Crippen molar-refractivity contribution in [3.05, 3.63) is 23.9 Å². The average Bonchev–Trinajstić information content (AvgIpc) is 3.59. The summed E-state index contributed by atoms with van der Waals surface area (Å²) in [4.78, 5) is 49.1. The van der Waals surface area contributed by atoms with Gasteiger partial charge in [0.2, 0.25) is 11.8 Å². The first-order chi connectivity index (χ1) is 20.9. The van der Waals surface area contributed by atoms with Gasteiger partial charge in [0.15, 0.2) is 11.5 Å². The first-order valence-electron chi connectivity index (χ1n) is 15.0. The molecule has 5 rings (SSSR count). The SMILES string of the molecule is COc1ccc2nc3c(nc2c1)O[C@H]1CN(C(=O)[C@H](C(C)(C)C)NC(=O)O[C@@H]2C[C@H]2CCCC(F)(F)C3(F)F)[C@H](C(C)=O)[C@@H]1C. The number of ether oxygens (including phenoxy) is 3. The van der Waals surface area contributed by atoms with Crippen LogP contribution in [0.15, 0.2) is 18.2 Å². The van der Waals surface area contributed by atoms with Gasteiger partial charge in [-0.1, -0.05) is 27.7 Å². The highest BCUT2D eigenvalue weighted by atomic mass is 19.3. The molecule has 3 heterocycles. The number of carbonyl (C=O) groups is 3. The van der Waals surface area contributed by atoms with Gasteiger partial charge in [0.05, 0.1) is 30.7 Å². The van der Waals surface area contributed by atoms with Crippen molar-refractivity contribution in [2.45, 2.75) is 96.4 Å². The highest BCUT2D eigenvalue weighted by molar-refractivity contribution is 5.92. The van der Waals surface area contributed by atoms with E-state index in [0.717, 1.165) is 0 Å². The van der Waals surface area contributed by atoms with Crippen molar-refractivity contribution in [3.63, 3.8) is 0 Å². The van der Waals surface area contributed by atoms with E-state index in [1.54, 1.807) is 27.7 Å². The number of hydrogen-bond donors (Lipinski definition) is 1. The number of nitrogens with one attached hydrogen (secondary N) is 1. The molecular formula is C31H38F4N4O6. The standard InChI is InChI=1S/C31H38F4N4O6/c1-15-22-14-39(23(15)16(2)40)27(41)25(29(3,4)5)38-28(42)45-21-12-17(21)8-7-11-30(32,33)31(34,35)24-26(44-22)37-20-13-18(43-6)9-10-19(20)36-24/h9-10,13,15,17,21-23,25H,7-8,11-12,14H2,1-6H3,(H,38,42)/t15-,17-,21-,22+,23+,25-/m1/s1. The van der Waals surface area contributed by atoms with Gasteiger partial charge in [-0.2, -0.15) is 17.6 Å². The van der Waals surface area contributed by atoms with Crippen molar-refractivity contribution in [2.75, 3.05) is 13.7 Å². The zero-order valence-corrected chi connectivity index (χ0v) is 26.0. The fraction of sp³-hybridized carbons (Fsp3) is 0.645. The van der Waals surface area contributed by atoms with E-state index in [1.165, 1.54) is 37.1 Å². The summed E-state index contributed by atoms with van der Waals surface area (Å²) >= 11 is 0. The summed E-state index contributed by atoms with van der Waals surface area (Å²) in [5, 5.41) is 2.64. The van der Waals surface area contributed by atoms with Gasteiger partial charge in [-0.15, -0.1) is 0 Å². The van der Waals surface area contributed by atoms with E-state index in [9.17, 15) is 14.4 Å². The number of aromatic nitrogens is 2. The first-order valence-corrected chi connectivity index (χ1v) is 15.0. The van der Waals surface area contributed by atoms with Crippen LogP contribution in [0.2, 0.25) is 0 Å². The van der Waals surface area contributed by atoms with Crippen molar-refractivity contribution in [2.24, 2.45) is 17.3 Å². The quantitative estimate of drug-likeness (QED) is 0.443. The number of Topliss-reactive ketones (excluding diaryl/α,β-unsaturated/α-hetero) is 1. The fourth-order valence-corrected chi connectivity index (χ4v) is 6.19. The Morgan fingerprint density at radius 3 is 2.44 bits per heavy atom. The summed E-state index contributed by atoms with van der Waals surface area (Å²) in [6.45, 7) is 7.83. The van der Waals surface area contributed by atoms with Crippen LogP contribution in [0, 0.1) is 17.3 Å². The lowest BCUT2D eigenvalue weighted by Crippen LogP contribution is -2.57. The number of amides is 2. The van der Waals surface area contributed by atoms with Gasteiger partial charge < -0.3 is 24.4 Å². The van der Waals surface area contributed by atoms with Crippen molar-refractivity contribution in [1.29, 1.82) is 0 Å². The number of halogens is 4. The maximum absolute atomic E-state index is 15.9. The van der Waals surface area contributed by atoms with Crippen LogP contribution in [0.25, 0.3) is 11.0 Å². The molecule has 246 valence electrons. The molecule has 2 bridgehead atoms. The zero-order chi connectivity index (χ0) is 33.1. The zero-order valence-electron chi connectivity index (χ0n) is 26.0. The van der Waals surface area contributed by atoms with E-state index >= 15 is 17.6 Å².